The summed E-state index contributed by atoms with van der Waals surface area (Å²) in [6.07, 6.45) is 0.743. The van der Waals surface area contributed by atoms with Gasteiger partial charge in [0.1, 0.15) is 0 Å². The molecular weight excluding hydrogens is 296 g/mol. The van der Waals surface area contributed by atoms with Crippen LogP contribution in [0.4, 0.5) is 0 Å². The molecule has 1 aromatic carbocycles. The van der Waals surface area contributed by atoms with Crippen molar-refractivity contribution in [1.82, 2.24) is 10.6 Å². The summed E-state index contributed by atoms with van der Waals surface area (Å²) >= 11 is 3.47. The SMILES string of the molecule is CC(=O)NCC(=O)NC(C)Cc1ccccc1Br. The van der Waals surface area contributed by atoms with Gasteiger partial charge in [-0.3, -0.25) is 9.59 Å². The summed E-state index contributed by atoms with van der Waals surface area (Å²) in [6, 6.07) is 7.92. The van der Waals surface area contributed by atoms with Gasteiger partial charge in [0.2, 0.25) is 11.8 Å². The molecule has 0 saturated heterocycles. The molecule has 1 atom stereocenters. The van der Waals surface area contributed by atoms with Crippen LogP contribution in [0.25, 0.3) is 0 Å². The summed E-state index contributed by atoms with van der Waals surface area (Å²) < 4.78 is 1.04. The van der Waals surface area contributed by atoms with E-state index in [1.165, 1.54) is 6.92 Å². The molecule has 0 spiro atoms. The first-order valence-corrected chi connectivity index (χ1v) is 6.55. The van der Waals surface area contributed by atoms with Gasteiger partial charge in [-0.2, -0.15) is 0 Å². The number of hydrogen-bond donors (Lipinski definition) is 2. The quantitative estimate of drug-likeness (QED) is 0.868. The Morgan fingerprint density at radius 1 is 1.33 bits per heavy atom. The molecule has 0 aromatic heterocycles. The molecule has 0 aliphatic carbocycles. The van der Waals surface area contributed by atoms with E-state index in [-0.39, 0.29) is 24.4 Å². The van der Waals surface area contributed by atoms with Crippen LogP contribution < -0.4 is 10.6 Å². The van der Waals surface area contributed by atoms with Crippen molar-refractivity contribution in [3.05, 3.63) is 34.3 Å². The number of carbonyl (C=O) groups excluding carboxylic acids is 2. The molecule has 2 amide bonds. The molecule has 0 aliphatic heterocycles. The fourth-order valence-electron chi connectivity index (χ4n) is 1.58. The van der Waals surface area contributed by atoms with E-state index in [9.17, 15) is 9.59 Å². The van der Waals surface area contributed by atoms with Gasteiger partial charge in [-0.05, 0) is 25.0 Å². The molecule has 5 heteroatoms. The van der Waals surface area contributed by atoms with Crippen LogP contribution in [0.5, 0.6) is 0 Å². The molecule has 1 rings (SSSR count). The number of halogens is 1. The first kappa shape index (κ1) is 14.7. The lowest BCUT2D eigenvalue weighted by molar-refractivity contribution is -0.125. The Morgan fingerprint density at radius 3 is 2.61 bits per heavy atom. The van der Waals surface area contributed by atoms with Crippen LogP contribution in [0.3, 0.4) is 0 Å². The maximum atomic E-state index is 11.5. The largest absolute Gasteiger partial charge is 0.352 e. The summed E-state index contributed by atoms with van der Waals surface area (Å²) in [5.74, 6) is -0.381. The minimum absolute atomic E-state index is 0.0185. The average molecular weight is 313 g/mol. The van der Waals surface area contributed by atoms with Gasteiger partial charge >= 0.3 is 0 Å². The minimum Gasteiger partial charge on any atom is -0.352 e. The first-order valence-electron chi connectivity index (χ1n) is 5.76. The zero-order chi connectivity index (χ0) is 13.5. The van der Waals surface area contributed by atoms with E-state index >= 15 is 0 Å². The molecule has 4 nitrogen and oxygen atoms in total. The summed E-state index contributed by atoms with van der Waals surface area (Å²) in [6.45, 7) is 3.35. The lowest BCUT2D eigenvalue weighted by Crippen LogP contribution is -2.41. The Labute approximate surface area is 115 Å². The Kier molecular flexibility index (Phi) is 5.85. The van der Waals surface area contributed by atoms with E-state index in [4.69, 9.17) is 0 Å². The number of amides is 2. The van der Waals surface area contributed by atoms with Crippen molar-refractivity contribution in [3.8, 4) is 0 Å². The van der Waals surface area contributed by atoms with Crippen LogP contribution in [-0.4, -0.2) is 24.4 Å². The van der Waals surface area contributed by atoms with E-state index in [1.54, 1.807) is 0 Å². The Bertz CT molecular complexity index is 435. The van der Waals surface area contributed by atoms with Gasteiger partial charge in [-0.1, -0.05) is 34.1 Å². The van der Waals surface area contributed by atoms with Gasteiger partial charge < -0.3 is 10.6 Å². The van der Waals surface area contributed by atoms with E-state index in [0.717, 1.165) is 16.5 Å². The van der Waals surface area contributed by atoms with E-state index in [0.29, 0.717) is 0 Å². The van der Waals surface area contributed by atoms with Gasteiger partial charge in [0, 0.05) is 17.4 Å². The Hall–Kier alpha value is -1.36. The molecular formula is C13H17BrN2O2. The number of hydrogen-bond acceptors (Lipinski definition) is 2. The smallest absolute Gasteiger partial charge is 0.239 e. The van der Waals surface area contributed by atoms with Crippen LogP contribution in [0.1, 0.15) is 19.4 Å². The van der Waals surface area contributed by atoms with Crippen molar-refractivity contribution >= 4 is 27.7 Å². The third-order valence-electron chi connectivity index (χ3n) is 2.39. The Morgan fingerprint density at radius 2 is 2.00 bits per heavy atom. The van der Waals surface area contributed by atoms with Gasteiger partial charge in [-0.15, -0.1) is 0 Å². The zero-order valence-electron chi connectivity index (χ0n) is 10.5. The topological polar surface area (TPSA) is 58.2 Å². The van der Waals surface area contributed by atoms with Crippen molar-refractivity contribution < 1.29 is 9.59 Å². The monoisotopic (exact) mass is 312 g/mol. The lowest BCUT2D eigenvalue weighted by Gasteiger charge is -2.15. The average Bonchev–Trinajstić information content (AvgIpc) is 2.29. The molecule has 98 valence electrons. The van der Waals surface area contributed by atoms with Crippen LogP contribution in [0.2, 0.25) is 0 Å². The second kappa shape index (κ2) is 7.16. The second-order valence-corrected chi connectivity index (χ2v) is 5.03. The minimum atomic E-state index is -0.205. The van der Waals surface area contributed by atoms with Crippen molar-refractivity contribution in [1.29, 1.82) is 0 Å². The third-order valence-corrected chi connectivity index (χ3v) is 3.16. The van der Waals surface area contributed by atoms with E-state index in [2.05, 4.69) is 26.6 Å². The number of carbonyl (C=O) groups is 2. The van der Waals surface area contributed by atoms with Gasteiger partial charge in [-0.25, -0.2) is 0 Å². The van der Waals surface area contributed by atoms with Crippen LogP contribution >= 0.6 is 15.9 Å². The summed E-state index contributed by atoms with van der Waals surface area (Å²) in [5.41, 5.74) is 1.14. The molecule has 0 radical (unpaired) electrons. The molecule has 18 heavy (non-hydrogen) atoms. The number of rotatable bonds is 5. The van der Waals surface area contributed by atoms with E-state index in [1.807, 2.05) is 31.2 Å². The molecule has 1 unspecified atom stereocenters. The fourth-order valence-corrected chi connectivity index (χ4v) is 2.02. The van der Waals surface area contributed by atoms with Crippen molar-refractivity contribution in [2.45, 2.75) is 26.3 Å². The highest BCUT2D eigenvalue weighted by molar-refractivity contribution is 9.10. The van der Waals surface area contributed by atoms with Crippen LogP contribution in [-0.2, 0) is 16.0 Å². The summed E-state index contributed by atoms with van der Waals surface area (Å²) in [4.78, 5) is 22.2. The van der Waals surface area contributed by atoms with Crippen LogP contribution in [0, 0.1) is 0 Å². The predicted octanol–water partition coefficient (Wildman–Crippen LogP) is 1.63. The molecule has 2 N–H and O–H groups in total. The highest BCUT2D eigenvalue weighted by atomic mass is 79.9. The molecule has 1 aromatic rings. The lowest BCUT2D eigenvalue weighted by atomic mass is 10.1. The molecule has 0 bridgehead atoms. The predicted molar refractivity (Wildman–Crippen MR) is 74.1 cm³/mol. The zero-order valence-corrected chi connectivity index (χ0v) is 12.1. The van der Waals surface area contributed by atoms with Gasteiger partial charge in [0.25, 0.3) is 0 Å². The summed E-state index contributed by atoms with van der Waals surface area (Å²) in [5, 5.41) is 5.30. The van der Waals surface area contributed by atoms with Crippen molar-refractivity contribution in [3.63, 3.8) is 0 Å². The van der Waals surface area contributed by atoms with Gasteiger partial charge in [0.15, 0.2) is 0 Å². The molecule has 0 fully saturated rings. The number of nitrogens with one attached hydrogen (secondary N) is 2. The van der Waals surface area contributed by atoms with Crippen LogP contribution in [0.15, 0.2) is 28.7 Å². The fraction of sp³-hybridized carbons (Fsp3) is 0.385. The van der Waals surface area contributed by atoms with Gasteiger partial charge in [0.05, 0.1) is 6.54 Å². The van der Waals surface area contributed by atoms with E-state index < -0.39 is 0 Å². The number of benzene rings is 1. The second-order valence-electron chi connectivity index (χ2n) is 4.17. The molecule has 0 aliphatic rings. The van der Waals surface area contributed by atoms with Crippen molar-refractivity contribution in [2.75, 3.05) is 6.54 Å². The molecule has 0 heterocycles. The first-order chi connectivity index (χ1) is 8.49. The highest BCUT2D eigenvalue weighted by Crippen LogP contribution is 2.17. The normalized spacial score (nSPS) is 11.7. The Balaban J connectivity index is 2.42. The van der Waals surface area contributed by atoms with Crippen molar-refractivity contribution in [2.24, 2.45) is 0 Å². The maximum absolute atomic E-state index is 11.5. The standard InChI is InChI=1S/C13H17BrN2O2/c1-9(16-13(18)8-15-10(2)17)7-11-5-3-4-6-12(11)14/h3-6,9H,7-8H2,1-2H3,(H,15,17)(H,16,18). The summed E-state index contributed by atoms with van der Waals surface area (Å²) in [7, 11) is 0. The third kappa shape index (κ3) is 5.31. The maximum Gasteiger partial charge on any atom is 0.239 e. The highest BCUT2D eigenvalue weighted by Gasteiger charge is 2.09. The molecule has 0 saturated carbocycles.